The smallest absolute Gasteiger partial charge is 0.347 e. The van der Waals surface area contributed by atoms with E-state index in [9.17, 15) is 4.79 Å². The Morgan fingerprint density at radius 3 is 3.06 bits per heavy atom. The second-order valence-electron chi connectivity index (χ2n) is 4.08. The molecule has 0 saturated carbocycles. The minimum absolute atomic E-state index is 0.303. The van der Waals surface area contributed by atoms with Crippen LogP contribution in [0.1, 0.15) is 21.2 Å². The van der Waals surface area contributed by atoms with E-state index in [2.05, 4.69) is 15.2 Å². The van der Waals surface area contributed by atoms with Crippen molar-refractivity contribution >= 4 is 22.4 Å². The molecule has 18 heavy (non-hydrogen) atoms. The fraction of sp³-hybridized carbons (Fsp3) is 0.400. The average molecular weight is 265 g/mol. The van der Waals surface area contributed by atoms with E-state index < -0.39 is 5.97 Å². The number of anilines is 1. The van der Waals surface area contributed by atoms with Gasteiger partial charge in [-0.2, -0.15) is 0 Å². The predicted molar refractivity (Wildman–Crippen MR) is 64.9 cm³/mol. The van der Waals surface area contributed by atoms with Crippen molar-refractivity contribution in [2.24, 2.45) is 0 Å². The molecule has 2 aromatic rings. The minimum atomic E-state index is -0.920. The molecule has 0 radical (unpaired) electrons. The molecule has 2 aromatic heterocycles. The van der Waals surface area contributed by atoms with Gasteiger partial charge in [0.25, 0.3) is 0 Å². The van der Waals surface area contributed by atoms with Gasteiger partial charge in [-0.3, -0.25) is 0 Å². The fourth-order valence-electron chi connectivity index (χ4n) is 1.95. The average Bonchev–Trinajstić information content (AvgIpc) is 2.93. The zero-order valence-electron chi connectivity index (χ0n) is 9.70. The number of aryl methyl sites for hydroxylation is 1. The lowest BCUT2D eigenvalue weighted by atomic mass is 10.4. The summed E-state index contributed by atoms with van der Waals surface area (Å²) in [5, 5.41) is 17.6. The van der Waals surface area contributed by atoms with Crippen molar-refractivity contribution in [1.82, 2.24) is 19.7 Å². The maximum Gasteiger partial charge on any atom is 0.347 e. The van der Waals surface area contributed by atoms with Crippen LogP contribution in [-0.2, 0) is 13.1 Å². The molecule has 0 fully saturated rings. The number of fused-ring (bicyclic) bond motifs is 1. The SMILES string of the molecule is Cc1nc(N2CCn3cnnc3C2)sc1C(=O)O. The fourth-order valence-corrected chi connectivity index (χ4v) is 2.88. The highest BCUT2D eigenvalue weighted by atomic mass is 32.1. The number of rotatable bonds is 2. The lowest BCUT2D eigenvalue weighted by molar-refractivity contribution is 0.0701. The van der Waals surface area contributed by atoms with Gasteiger partial charge in [0.05, 0.1) is 12.2 Å². The molecule has 0 aliphatic carbocycles. The van der Waals surface area contributed by atoms with Crippen LogP contribution in [0.15, 0.2) is 6.33 Å². The van der Waals surface area contributed by atoms with E-state index in [1.807, 2.05) is 9.47 Å². The molecule has 0 bridgehead atoms. The first-order valence-corrected chi connectivity index (χ1v) is 6.29. The van der Waals surface area contributed by atoms with Crippen molar-refractivity contribution in [3.8, 4) is 0 Å². The van der Waals surface area contributed by atoms with Crippen molar-refractivity contribution in [1.29, 1.82) is 0 Å². The molecule has 1 aliphatic heterocycles. The maximum absolute atomic E-state index is 11.0. The lowest BCUT2D eigenvalue weighted by Crippen LogP contribution is -2.33. The largest absolute Gasteiger partial charge is 0.477 e. The normalized spacial score (nSPS) is 14.6. The number of carboxylic acids is 1. The van der Waals surface area contributed by atoms with Gasteiger partial charge in [0.2, 0.25) is 0 Å². The number of carboxylic acid groups (broad SMARTS) is 1. The number of hydrogen-bond donors (Lipinski definition) is 1. The predicted octanol–water partition coefficient (Wildman–Crippen LogP) is 0.761. The third-order valence-corrected chi connectivity index (χ3v) is 4.10. The highest BCUT2D eigenvalue weighted by molar-refractivity contribution is 7.17. The molecule has 1 N–H and O–H groups in total. The van der Waals surface area contributed by atoms with Gasteiger partial charge in [-0.15, -0.1) is 10.2 Å². The first-order valence-electron chi connectivity index (χ1n) is 5.47. The van der Waals surface area contributed by atoms with Gasteiger partial charge in [0, 0.05) is 13.1 Å². The Labute approximate surface area is 107 Å². The van der Waals surface area contributed by atoms with Gasteiger partial charge in [0.1, 0.15) is 11.2 Å². The number of nitrogens with zero attached hydrogens (tertiary/aromatic N) is 5. The van der Waals surface area contributed by atoms with Crippen LogP contribution >= 0.6 is 11.3 Å². The molecule has 3 rings (SSSR count). The summed E-state index contributed by atoms with van der Waals surface area (Å²) >= 11 is 1.21. The van der Waals surface area contributed by atoms with Gasteiger partial charge in [-0.1, -0.05) is 11.3 Å². The van der Waals surface area contributed by atoms with Crippen molar-refractivity contribution in [2.75, 3.05) is 11.4 Å². The van der Waals surface area contributed by atoms with Gasteiger partial charge >= 0.3 is 5.97 Å². The molecule has 0 atom stereocenters. The van der Waals surface area contributed by atoms with Crippen molar-refractivity contribution in [2.45, 2.75) is 20.0 Å². The van der Waals surface area contributed by atoms with Gasteiger partial charge in [-0.25, -0.2) is 9.78 Å². The zero-order chi connectivity index (χ0) is 12.7. The quantitative estimate of drug-likeness (QED) is 0.863. The standard InChI is InChI=1S/C10H11N5O2S/c1-6-8(9(16)17)18-10(12-6)14-2-3-15-5-11-13-7(15)4-14/h5H,2-4H2,1H3,(H,16,17). The topological polar surface area (TPSA) is 84.1 Å². The van der Waals surface area contributed by atoms with Crippen LogP contribution in [0.2, 0.25) is 0 Å². The molecule has 0 saturated heterocycles. The van der Waals surface area contributed by atoms with Crippen LogP contribution in [-0.4, -0.2) is 37.4 Å². The molecular weight excluding hydrogens is 254 g/mol. The van der Waals surface area contributed by atoms with E-state index in [-0.39, 0.29) is 0 Å². The van der Waals surface area contributed by atoms with Crippen LogP contribution in [0.3, 0.4) is 0 Å². The van der Waals surface area contributed by atoms with E-state index in [0.29, 0.717) is 17.1 Å². The second kappa shape index (κ2) is 4.05. The molecule has 3 heterocycles. The van der Waals surface area contributed by atoms with Gasteiger partial charge in [0.15, 0.2) is 11.0 Å². The summed E-state index contributed by atoms with van der Waals surface area (Å²) in [5.74, 6) is -0.0394. The second-order valence-corrected chi connectivity index (χ2v) is 5.06. The van der Waals surface area contributed by atoms with E-state index in [0.717, 1.165) is 24.0 Å². The summed E-state index contributed by atoms with van der Waals surface area (Å²) in [6.45, 7) is 3.92. The Kier molecular flexibility index (Phi) is 2.51. The summed E-state index contributed by atoms with van der Waals surface area (Å²) in [5.41, 5.74) is 0.564. The van der Waals surface area contributed by atoms with Crippen LogP contribution < -0.4 is 4.90 Å². The minimum Gasteiger partial charge on any atom is -0.477 e. The molecule has 7 nitrogen and oxygen atoms in total. The van der Waals surface area contributed by atoms with Crippen molar-refractivity contribution in [3.05, 3.63) is 22.7 Å². The monoisotopic (exact) mass is 265 g/mol. The summed E-state index contributed by atoms with van der Waals surface area (Å²) in [6, 6.07) is 0. The molecule has 8 heteroatoms. The molecule has 94 valence electrons. The number of thiazole rings is 1. The molecular formula is C10H11N5O2S. The van der Waals surface area contributed by atoms with Crippen LogP contribution in [0.4, 0.5) is 5.13 Å². The van der Waals surface area contributed by atoms with Crippen LogP contribution in [0.5, 0.6) is 0 Å². The number of aromatic carboxylic acids is 1. The van der Waals surface area contributed by atoms with Gasteiger partial charge in [-0.05, 0) is 6.92 Å². The molecule has 0 unspecified atom stereocenters. The lowest BCUT2D eigenvalue weighted by Gasteiger charge is -2.26. The summed E-state index contributed by atoms with van der Waals surface area (Å²) in [6.07, 6.45) is 1.71. The van der Waals surface area contributed by atoms with Gasteiger partial charge < -0.3 is 14.6 Å². The number of aromatic nitrogens is 4. The van der Waals surface area contributed by atoms with Crippen LogP contribution in [0.25, 0.3) is 0 Å². The van der Waals surface area contributed by atoms with E-state index in [1.165, 1.54) is 11.3 Å². The Hall–Kier alpha value is -1.96. The summed E-state index contributed by atoms with van der Waals surface area (Å²) in [7, 11) is 0. The Morgan fingerprint density at radius 1 is 1.50 bits per heavy atom. The number of carbonyl (C=O) groups is 1. The third kappa shape index (κ3) is 1.74. The van der Waals surface area contributed by atoms with Crippen molar-refractivity contribution in [3.63, 3.8) is 0 Å². The van der Waals surface area contributed by atoms with Crippen molar-refractivity contribution < 1.29 is 9.90 Å². The summed E-state index contributed by atoms with van der Waals surface area (Å²) < 4.78 is 2.00. The third-order valence-electron chi connectivity index (χ3n) is 2.89. The number of hydrogen-bond acceptors (Lipinski definition) is 6. The summed E-state index contributed by atoms with van der Waals surface area (Å²) in [4.78, 5) is 17.7. The molecule has 0 spiro atoms. The first kappa shape index (κ1) is 11.1. The molecule has 0 amide bonds. The zero-order valence-corrected chi connectivity index (χ0v) is 10.5. The van der Waals surface area contributed by atoms with E-state index in [4.69, 9.17) is 5.11 Å². The highest BCUT2D eigenvalue weighted by Gasteiger charge is 2.22. The molecule has 1 aliphatic rings. The molecule has 0 aromatic carbocycles. The highest BCUT2D eigenvalue weighted by Crippen LogP contribution is 2.28. The van der Waals surface area contributed by atoms with Crippen LogP contribution in [0, 0.1) is 6.92 Å². The van der Waals surface area contributed by atoms with E-state index in [1.54, 1.807) is 13.3 Å². The Bertz CT molecular complexity index is 605. The van der Waals surface area contributed by atoms with E-state index >= 15 is 0 Å². The Balaban J connectivity index is 1.89. The maximum atomic E-state index is 11.0. The first-order chi connectivity index (χ1) is 8.65. The Morgan fingerprint density at radius 2 is 2.33 bits per heavy atom.